The number of nitrogens with one attached hydrogen (secondary N) is 1. The summed E-state index contributed by atoms with van der Waals surface area (Å²) in [5.41, 5.74) is 6.36. The summed E-state index contributed by atoms with van der Waals surface area (Å²) in [7, 11) is 0. The van der Waals surface area contributed by atoms with Crippen LogP contribution in [0.3, 0.4) is 0 Å². The molecule has 0 saturated carbocycles. The zero-order chi connectivity index (χ0) is 16.8. The highest BCUT2D eigenvalue weighted by Gasteiger charge is 2.20. The fraction of sp³-hybridized carbons (Fsp3) is 0.200. The van der Waals surface area contributed by atoms with E-state index in [2.05, 4.69) is 51.2 Å². The molecule has 124 valence electrons. The highest BCUT2D eigenvalue weighted by molar-refractivity contribution is 7.71. The molecule has 0 atom stereocenters. The average Bonchev–Trinajstić information content (AvgIpc) is 3.23. The van der Waals surface area contributed by atoms with Crippen LogP contribution in [0.2, 0.25) is 0 Å². The molecule has 0 aliphatic heterocycles. The van der Waals surface area contributed by atoms with Crippen molar-refractivity contribution < 1.29 is 4.42 Å². The van der Waals surface area contributed by atoms with E-state index < -0.39 is 0 Å². The van der Waals surface area contributed by atoms with Gasteiger partial charge in [-0.1, -0.05) is 18.2 Å². The highest BCUT2D eigenvalue weighted by atomic mass is 32.1. The number of benzene rings is 2. The van der Waals surface area contributed by atoms with E-state index in [0.717, 1.165) is 12.0 Å². The molecule has 4 aromatic rings. The van der Waals surface area contributed by atoms with Gasteiger partial charge in [0, 0.05) is 22.3 Å². The lowest BCUT2D eigenvalue weighted by atomic mass is 9.95. The fourth-order valence-electron chi connectivity index (χ4n) is 3.90. The van der Waals surface area contributed by atoms with Crippen LogP contribution < -0.4 is 0 Å². The van der Waals surface area contributed by atoms with Crippen LogP contribution in [0.15, 0.2) is 52.9 Å². The van der Waals surface area contributed by atoms with Gasteiger partial charge in [0.15, 0.2) is 0 Å². The maximum atomic E-state index is 5.40. The Morgan fingerprint density at radius 3 is 2.60 bits per heavy atom. The van der Waals surface area contributed by atoms with Gasteiger partial charge in [0.2, 0.25) is 5.89 Å². The van der Waals surface area contributed by atoms with Crippen molar-refractivity contribution in [2.24, 2.45) is 0 Å². The molecule has 5 heteroatoms. The molecular weight excluding hydrogens is 330 g/mol. The maximum Gasteiger partial charge on any atom is 0.284 e. The first-order chi connectivity index (χ1) is 12.3. The van der Waals surface area contributed by atoms with Gasteiger partial charge >= 0.3 is 0 Å². The van der Waals surface area contributed by atoms with E-state index in [0.29, 0.717) is 10.7 Å². The number of rotatable bonds is 2. The number of hydrogen-bond acceptors (Lipinski definition) is 3. The molecule has 1 aliphatic carbocycles. The number of nitrogens with zero attached hydrogens (tertiary/aromatic N) is 2. The van der Waals surface area contributed by atoms with Crippen molar-refractivity contribution >= 4 is 23.1 Å². The lowest BCUT2D eigenvalue weighted by Gasteiger charge is -2.16. The summed E-state index contributed by atoms with van der Waals surface area (Å²) >= 11 is 4.95. The number of fused-ring (bicyclic) bond motifs is 3. The monoisotopic (exact) mass is 347 g/mol. The summed E-state index contributed by atoms with van der Waals surface area (Å²) in [6, 6.07) is 17.0. The molecule has 2 aromatic heterocycles. The molecule has 0 saturated heterocycles. The van der Waals surface area contributed by atoms with Crippen LogP contribution in [0.1, 0.15) is 24.1 Å². The molecule has 0 bridgehead atoms. The van der Waals surface area contributed by atoms with Gasteiger partial charge in [-0.3, -0.25) is 0 Å². The average molecular weight is 347 g/mol. The number of aromatic amines is 1. The zero-order valence-corrected chi connectivity index (χ0v) is 14.5. The summed E-state index contributed by atoms with van der Waals surface area (Å²) in [6.45, 7) is 0. The van der Waals surface area contributed by atoms with Crippen LogP contribution in [0.4, 0.5) is 0 Å². The molecule has 5 rings (SSSR count). The summed E-state index contributed by atoms with van der Waals surface area (Å²) in [4.78, 5) is 0.296. The van der Waals surface area contributed by atoms with Crippen molar-refractivity contribution in [1.29, 1.82) is 0 Å². The topological polar surface area (TPSA) is 46.8 Å². The van der Waals surface area contributed by atoms with Crippen molar-refractivity contribution in [2.75, 3.05) is 0 Å². The second-order valence-corrected chi connectivity index (χ2v) is 6.82. The first-order valence-corrected chi connectivity index (χ1v) is 8.99. The van der Waals surface area contributed by atoms with Gasteiger partial charge in [-0.05, 0) is 73.8 Å². The largest absolute Gasteiger partial charge is 0.409 e. The van der Waals surface area contributed by atoms with Crippen molar-refractivity contribution in [2.45, 2.75) is 25.7 Å². The lowest BCUT2D eigenvalue weighted by molar-refractivity contribution is 0.552. The predicted molar refractivity (Wildman–Crippen MR) is 101 cm³/mol. The predicted octanol–water partition coefficient (Wildman–Crippen LogP) is 5.22. The van der Waals surface area contributed by atoms with Gasteiger partial charge in [-0.2, -0.15) is 0 Å². The Hall–Kier alpha value is -2.66. The van der Waals surface area contributed by atoms with Gasteiger partial charge in [-0.15, -0.1) is 5.10 Å². The molecule has 0 unspecified atom stereocenters. The minimum Gasteiger partial charge on any atom is -0.409 e. The fourth-order valence-corrected chi connectivity index (χ4v) is 4.02. The summed E-state index contributed by atoms with van der Waals surface area (Å²) in [5.74, 6) is 0.524. The van der Waals surface area contributed by atoms with Gasteiger partial charge in [0.1, 0.15) is 0 Å². The third-order valence-electron chi connectivity index (χ3n) is 4.99. The first-order valence-electron chi connectivity index (χ1n) is 8.59. The molecule has 1 aliphatic rings. The van der Waals surface area contributed by atoms with Gasteiger partial charge in [-0.25, -0.2) is 5.10 Å². The molecule has 25 heavy (non-hydrogen) atoms. The molecule has 0 radical (unpaired) electrons. The number of hydrogen-bond donors (Lipinski definition) is 1. The van der Waals surface area contributed by atoms with Gasteiger partial charge in [0.25, 0.3) is 4.84 Å². The Morgan fingerprint density at radius 2 is 1.80 bits per heavy atom. The first kappa shape index (κ1) is 14.7. The molecule has 0 fully saturated rings. The molecule has 4 nitrogen and oxygen atoms in total. The van der Waals surface area contributed by atoms with E-state index in [4.69, 9.17) is 16.6 Å². The Balaban J connectivity index is 1.67. The second-order valence-electron chi connectivity index (χ2n) is 6.45. The molecule has 0 spiro atoms. The zero-order valence-electron chi connectivity index (χ0n) is 13.7. The Kier molecular flexibility index (Phi) is 3.35. The number of para-hydroxylation sites is 1. The van der Waals surface area contributed by atoms with Gasteiger partial charge < -0.3 is 8.98 Å². The molecule has 0 amide bonds. The third-order valence-corrected chi connectivity index (χ3v) is 5.16. The van der Waals surface area contributed by atoms with Crippen molar-refractivity contribution in [1.82, 2.24) is 14.8 Å². The van der Waals surface area contributed by atoms with Crippen LogP contribution >= 0.6 is 12.2 Å². The Labute approximate surface area is 150 Å². The van der Waals surface area contributed by atoms with Crippen LogP contribution in [0.5, 0.6) is 0 Å². The smallest absolute Gasteiger partial charge is 0.284 e. The van der Waals surface area contributed by atoms with E-state index in [9.17, 15) is 0 Å². The van der Waals surface area contributed by atoms with Crippen LogP contribution in [-0.2, 0) is 12.8 Å². The standard InChI is InChI=1S/C20H17N3OS/c25-20-22-21-19(24-20)13-9-11-14(12-10-13)23-17-7-3-1-5-15(17)16-6-2-4-8-18(16)23/h1,3,5,7,9-12H,2,4,6,8H2,(H,22,25). The number of H-pyrrole nitrogens is 1. The van der Waals surface area contributed by atoms with Crippen LogP contribution in [0, 0.1) is 4.84 Å². The SMILES string of the molecule is S=c1[nH]nc(-c2ccc(-n3c4c(c5ccccc53)CCCC4)cc2)o1. The van der Waals surface area contributed by atoms with Gasteiger partial charge in [0.05, 0.1) is 5.52 Å². The highest BCUT2D eigenvalue weighted by Crippen LogP contribution is 2.34. The third kappa shape index (κ3) is 2.35. The molecule has 2 heterocycles. The summed E-state index contributed by atoms with van der Waals surface area (Å²) in [6.07, 6.45) is 4.85. The van der Waals surface area contributed by atoms with Crippen molar-refractivity contribution in [3.05, 3.63) is 64.6 Å². The minimum absolute atomic E-state index is 0.296. The van der Waals surface area contributed by atoms with E-state index in [1.165, 1.54) is 47.1 Å². The van der Waals surface area contributed by atoms with Crippen LogP contribution in [0.25, 0.3) is 28.0 Å². The minimum atomic E-state index is 0.296. The molecular formula is C20H17N3OS. The summed E-state index contributed by atoms with van der Waals surface area (Å²) < 4.78 is 7.81. The number of aryl methyl sites for hydroxylation is 1. The van der Waals surface area contributed by atoms with Crippen molar-refractivity contribution in [3.8, 4) is 17.1 Å². The molecule has 2 aromatic carbocycles. The lowest BCUT2D eigenvalue weighted by Crippen LogP contribution is -2.06. The second kappa shape index (κ2) is 5.70. The van der Waals surface area contributed by atoms with E-state index in [1.54, 1.807) is 0 Å². The van der Waals surface area contributed by atoms with E-state index in [-0.39, 0.29) is 0 Å². The summed E-state index contributed by atoms with van der Waals surface area (Å²) in [5, 5.41) is 8.15. The van der Waals surface area contributed by atoms with E-state index in [1.807, 2.05) is 12.1 Å². The number of aromatic nitrogens is 3. The van der Waals surface area contributed by atoms with Crippen molar-refractivity contribution in [3.63, 3.8) is 0 Å². The Bertz CT molecular complexity index is 1120. The quantitative estimate of drug-likeness (QED) is 0.506. The maximum absolute atomic E-state index is 5.40. The van der Waals surface area contributed by atoms with Crippen LogP contribution in [-0.4, -0.2) is 14.8 Å². The normalized spacial score (nSPS) is 13.9. The Morgan fingerprint density at radius 1 is 1.00 bits per heavy atom. The van der Waals surface area contributed by atoms with E-state index >= 15 is 0 Å². The molecule has 1 N–H and O–H groups in total.